The molecule has 10 heteroatoms. The number of hydrogen-bond donors (Lipinski definition) is 2. The molecule has 1 aliphatic heterocycles. The van der Waals surface area contributed by atoms with Crippen LogP contribution < -0.4 is 10.2 Å². The van der Waals surface area contributed by atoms with Crippen molar-refractivity contribution in [2.45, 2.75) is 13.0 Å². The van der Waals surface area contributed by atoms with Gasteiger partial charge in [-0.15, -0.1) is 12.4 Å². The molecule has 0 unspecified atom stereocenters. The number of piperazine rings is 1. The van der Waals surface area contributed by atoms with Crippen molar-refractivity contribution in [3.05, 3.63) is 95.8 Å². The summed E-state index contributed by atoms with van der Waals surface area (Å²) in [5.41, 5.74) is 5.64. The van der Waals surface area contributed by atoms with Crippen molar-refractivity contribution in [3.63, 3.8) is 0 Å². The van der Waals surface area contributed by atoms with Crippen molar-refractivity contribution in [2.75, 3.05) is 49.5 Å². The number of nitrogens with one attached hydrogen (secondary N) is 1. The second kappa shape index (κ2) is 12.9. The highest BCUT2D eigenvalue weighted by molar-refractivity contribution is 6.31. The molecule has 2 N–H and O–H groups in total. The van der Waals surface area contributed by atoms with E-state index >= 15 is 0 Å². The van der Waals surface area contributed by atoms with E-state index in [2.05, 4.69) is 42.6 Å². The van der Waals surface area contributed by atoms with E-state index in [0.29, 0.717) is 30.1 Å². The van der Waals surface area contributed by atoms with Gasteiger partial charge in [-0.2, -0.15) is 0 Å². The summed E-state index contributed by atoms with van der Waals surface area (Å²) in [6, 6.07) is 26.2. The van der Waals surface area contributed by atoms with Crippen LogP contribution in [0.2, 0.25) is 5.02 Å². The number of imidazole rings is 1. The summed E-state index contributed by atoms with van der Waals surface area (Å²) >= 11 is 6.33. The first kappa shape index (κ1) is 28.8. The van der Waals surface area contributed by atoms with Gasteiger partial charge in [0.15, 0.2) is 17.0 Å². The largest absolute Gasteiger partial charge is 0.390 e. The lowest BCUT2D eigenvalue weighted by molar-refractivity contribution is 0.118. The highest BCUT2D eigenvalue weighted by Gasteiger charge is 2.22. The summed E-state index contributed by atoms with van der Waals surface area (Å²) in [7, 11) is 0. The Morgan fingerprint density at radius 3 is 2.34 bits per heavy atom. The molecule has 8 nitrogen and oxygen atoms in total. The molecule has 0 aliphatic carbocycles. The molecule has 2 aromatic heterocycles. The zero-order valence-electron chi connectivity index (χ0n) is 22.8. The second-order valence-corrected chi connectivity index (χ2v) is 10.5. The monoisotopic (exact) mass is 589 g/mol. The molecular weight excluding hydrogens is 557 g/mol. The molecule has 0 spiro atoms. The Morgan fingerprint density at radius 1 is 0.902 bits per heavy atom. The van der Waals surface area contributed by atoms with Crippen molar-refractivity contribution in [3.8, 4) is 17.1 Å². The number of hydrogen-bond acceptors (Lipinski definition) is 7. The van der Waals surface area contributed by atoms with Crippen LogP contribution in [0.1, 0.15) is 5.56 Å². The van der Waals surface area contributed by atoms with Gasteiger partial charge in [0, 0.05) is 61.2 Å². The van der Waals surface area contributed by atoms with Gasteiger partial charge in [-0.05, 0) is 36.8 Å². The number of aliphatic hydroxyl groups is 1. The number of anilines is 2. The number of aliphatic hydroxyl groups excluding tert-OH is 1. The topological polar surface area (TPSA) is 82.3 Å². The number of halogens is 2. The van der Waals surface area contributed by atoms with Gasteiger partial charge in [-0.3, -0.25) is 9.47 Å². The average molecular weight is 591 g/mol. The molecule has 1 saturated heterocycles. The zero-order chi connectivity index (χ0) is 27.5. The van der Waals surface area contributed by atoms with E-state index in [1.165, 1.54) is 5.69 Å². The third kappa shape index (κ3) is 6.16. The van der Waals surface area contributed by atoms with Crippen molar-refractivity contribution in [1.29, 1.82) is 0 Å². The minimum absolute atomic E-state index is 0. The first-order valence-corrected chi connectivity index (χ1v) is 13.9. The Bertz CT molecular complexity index is 1590. The van der Waals surface area contributed by atoms with Crippen LogP contribution in [0.4, 0.5) is 11.5 Å². The number of para-hydroxylation sites is 1. The van der Waals surface area contributed by atoms with Crippen molar-refractivity contribution in [1.82, 2.24) is 24.4 Å². The van der Waals surface area contributed by atoms with Gasteiger partial charge in [0.1, 0.15) is 12.2 Å². The van der Waals surface area contributed by atoms with Crippen LogP contribution in [0, 0.1) is 6.92 Å². The van der Waals surface area contributed by atoms with Crippen molar-refractivity contribution >= 4 is 46.7 Å². The van der Waals surface area contributed by atoms with Gasteiger partial charge in [-0.1, -0.05) is 66.2 Å². The van der Waals surface area contributed by atoms with E-state index in [0.717, 1.165) is 53.8 Å². The summed E-state index contributed by atoms with van der Waals surface area (Å²) in [4.78, 5) is 18.7. The van der Waals surface area contributed by atoms with E-state index in [1.807, 2.05) is 72.8 Å². The van der Waals surface area contributed by atoms with E-state index in [1.54, 1.807) is 6.33 Å². The minimum Gasteiger partial charge on any atom is -0.390 e. The lowest BCUT2D eigenvalue weighted by Gasteiger charge is -2.37. The first-order valence-electron chi connectivity index (χ1n) is 13.6. The maximum Gasteiger partial charge on any atom is 0.170 e. The van der Waals surface area contributed by atoms with Crippen molar-refractivity contribution < 1.29 is 5.11 Å². The van der Waals surface area contributed by atoms with E-state index in [9.17, 15) is 5.11 Å². The predicted molar refractivity (Wildman–Crippen MR) is 169 cm³/mol. The van der Waals surface area contributed by atoms with E-state index in [4.69, 9.17) is 16.6 Å². The van der Waals surface area contributed by atoms with Crippen LogP contribution in [-0.2, 0) is 0 Å². The van der Waals surface area contributed by atoms with E-state index in [-0.39, 0.29) is 12.4 Å². The van der Waals surface area contributed by atoms with Gasteiger partial charge in [0.2, 0.25) is 0 Å². The van der Waals surface area contributed by atoms with Gasteiger partial charge < -0.3 is 15.3 Å². The third-order valence-corrected chi connectivity index (χ3v) is 7.83. The molecule has 1 fully saturated rings. The molecule has 5 aromatic rings. The molecule has 0 bridgehead atoms. The van der Waals surface area contributed by atoms with Gasteiger partial charge >= 0.3 is 0 Å². The maximum absolute atomic E-state index is 10.9. The standard InChI is InChI=1S/C31H32ClN7O.ClH/c1-22-26(32)13-8-14-27(22)38-17-15-37(16-18-38)20-25(40)19-33-29-28-31(35-21-34-29)39(24-11-6-3-7-12-24)30(36-28)23-9-4-2-5-10-23;/h2-14,21,25,40H,15-20H2,1H3,(H,33,34,35);1H/t25-;/m1./s1. The SMILES string of the molecule is Cc1c(Cl)cccc1N1CCN(C[C@H](O)CNc2ncnc3c2nc(-c2ccccc2)n3-c2ccccc2)CC1.Cl. The lowest BCUT2D eigenvalue weighted by atomic mass is 10.1. The lowest BCUT2D eigenvalue weighted by Crippen LogP contribution is -2.49. The molecule has 1 aliphatic rings. The highest BCUT2D eigenvalue weighted by Crippen LogP contribution is 2.30. The highest BCUT2D eigenvalue weighted by atomic mass is 35.5. The van der Waals surface area contributed by atoms with Crippen LogP contribution in [0.15, 0.2) is 85.2 Å². The molecule has 6 rings (SSSR count). The molecule has 0 radical (unpaired) electrons. The number of aromatic nitrogens is 4. The van der Waals surface area contributed by atoms with Crippen LogP contribution in [0.25, 0.3) is 28.2 Å². The maximum atomic E-state index is 10.9. The molecule has 41 heavy (non-hydrogen) atoms. The van der Waals surface area contributed by atoms with E-state index < -0.39 is 6.10 Å². The smallest absolute Gasteiger partial charge is 0.170 e. The zero-order valence-corrected chi connectivity index (χ0v) is 24.4. The number of benzene rings is 3. The Labute approximate surface area is 251 Å². The molecule has 1 atom stereocenters. The molecule has 3 heterocycles. The van der Waals surface area contributed by atoms with Crippen LogP contribution in [0.3, 0.4) is 0 Å². The summed E-state index contributed by atoms with van der Waals surface area (Å²) in [5.74, 6) is 1.40. The Morgan fingerprint density at radius 2 is 1.61 bits per heavy atom. The Kier molecular flexibility index (Phi) is 9.05. The second-order valence-electron chi connectivity index (χ2n) is 10.1. The van der Waals surface area contributed by atoms with Crippen molar-refractivity contribution in [2.24, 2.45) is 0 Å². The molecule has 0 amide bonds. The van der Waals surface area contributed by atoms with Gasteiger partial charge in [0.25, 0.3) is 0 Å². The van der Waals surface area contributed by atoms with Crippen LogP contribution in [0.5, 0.6) is 0 Å². The third-order valence-electron chi connectivity index (χ3n) is 7.42. The average Bonchev–Trinajstić information content (AvgIpc) is 3.39. The predicted octanol–water partition coefficient (Wildman–Crippen LogP) is 5.46. The molecule has 0 saturated carbocycles. The quantitative estimate of drug-likeness (QED) is 0.248. The number of β-amino-alcohol motifs (C(OH)–C–C–N with tert-alkyl or cyclic N) is 1. The molecule has 3 aromatic carbocycles. The molecule has 212 valence electrons. The van der Waals surface area contributed by atoms with Gasteiger partial charge in [-0.25, -0.2) is 15.0 Å². The number of fused-ring (bicyclic) bond motifs is 1. The first-order chi connectivity index (χ1) is 19.6. The Balaban J connectivity index is 0.00000337. The molecular formula is C31H33Cl2N7O. The fourth-order valence-corrected chi connectivity index (χ4v) is 5.48. The van der Waals surface area contributed by atoms with Crippen LogP contribution >= 0.6 is 24.0 Å². The minimum atomic E-state index is -0.561. The summed E-state index contributed by atoms with van der Waals surface area (Å²) in [6.45, 7) is 6.55. The number of nitrogens with zero attached hydrogens (tertiary/aromatic N) is 6. The van der Waals surface area contributed by atoms with Crippen LogP contribution in [-0.4, -0.2) is 74.9 Å². The normalized spacial score (nSPS) is 14.6. The fraction of sp³-hybridized carbons (Fsp3) is 0.258. The summed E-state index contributed by atoms with van der Waals surface area (Å²) < 4.78 is 2.05. The summed E-state index contributed by atoms with van der Waals surface area (Å²) in [5, 5.41) is 15.0. The Hall–Kier alpha value is -3.69. The summed E-state index contributed by atoms with van der Waals surface area (Å²) in [6.07, 6.45) is 0.985. The fourth-order valence-electron chi connectivity index (χ4n) is 5.31. The van der Waals surface area contributed by atoms with Gasteiger partial charge in [0.05, 0.1) is 6.10 Å². The number of rotatable bonds is 8.